The number of likely N-dealkylation sites (tertiary alicyclic amines) is 2. The highest BCUT2D eigenvalue weighted by Crippen LogP contribution is 2.46. The summed E-state index contributed by atoms with van der Waals surface area (Å²) in [7, 11) is 0. The molecule has 5 atom stereocenters. The van der Waals surface area contributed by atoms with E-state index in [0.717, 1.165) is 4.90 Å². The number of carbonyl (C=O) groups excluding carboxylic acids is 4. The van der Waals surface area contributed by atoms with Crippen molar-refractivity contribution in [2.75, 3.05) is 26.3 Å². The molecule has 8 rings (SSSR count). The molecular weight excluding hydrogens is 1160 g/mol. The van der Waals surface area contributed by atoms with E-state index in [9.17, 15) is 77.0 Å². The van der Waals surface area contributed by atoms with Crippen LogP contribution in [0, 0.1) is 0 Å². The monoisotopic (exact) mass is 1220 g/mol. The highest BCUT2D eigenvalue weighted by molar-refractivity contribution is 5.87. The zero-order chi connectivity index (χ0) is 62.2. The van der Waals surface area contributed by atoms with Gasteiger partial charge in [-0.15, -0.1) is 0 Å². The number of β-amino-alcohol motifs (C(OH)–C–C–N with tert-alkyl or cyclic N) is 1. The quantitative estimate of drug-likeness (QED) is 0.0998. The Morgan fingerprint density at radius 1 is 0.512 bits per heavy atom. The summed E-state index contributed by atoms with van der Waals surface area (Å²) in [5.41, 5.74) is -8.70. The van der Waals surface area contributed by atoms with Crippen molar-refractivity contribution in [3.8, 4) is 0 Å². The average molecular weight is 1220 g/mol. The summed E-state index contributed by atoms with van der Waals surface area (Å²) in [4.78, 5) is 54.4. The molecule has 2 heterocycles. The molecule has 0 bridgehead atoms. The number of hydrogen-bond donors (Lipinski definition) is 1. The Kier molecular flexibility index (Phi) is 21.4. The van der Waals surface area contributed by atoms with Crippen LogP contribution < -0.4 is 0 Å². The summed E-state index contributed by atoms with van der Waals surface area (Å²) in [5, 5.41) is 11.1. The molecule has 2 amide bonds. The van der Waals surface area contributed by atoms with Crippen molar-refractivity contribution in [1.29, 1.82) is 0 Å². The van der Waals surface area contributed by atoms with Crippen molar-refractivity contribution in [3.05, 3.63) is 213 Å². The van der Waals surface area contributed by atoms with Crippen LogP contribution >= 0.6 is 0 Å². The first-order valence-electron chi connectivity index (χ1n) is 26.5. The molecule has 6 aromatic carbocycles. The fraction of sp³-hybridized carbons (Fsp3) is 0.365. The third-order valence-corrected chi connectivity index (χ3v) is 15.0. The van der Waals surface area contributed by atoms with E-state index in [1.54, 1.807) is 121 Å². The molecule has 462 valence electrons. The van der Waals surface area contributed by atoms with Gasteiger partial charge < -0.3 is 24.1 Å². The Bertz CT molecular complexity index is 3190. The van der Waals surface area contributed by atoms with Crippen LogP contribution in [0.2, 0.25) is 0 Å². The number of Topliss-reactive ketones (excluding diaryl/α,β-unsaturated/α-hetero) is 2. The Balaban J connectivity index is 0.000000273. The number of hydrogen-bond acceptors (Lipinski definition) is 9. The Hall–Kier alpha value is -7.76. The van der Waals surface area contributed by atoms with Gasteiger partial charge in [0, 0.05) is 6.42 Å². The number of alkyl halides is 12. The number of benzene rings is 6. The Morgan fingerprint density at radius 2 is 0.849 bits per heavy atom. The maximum atomic E-state index is 13.7. The smallest absolute Gasteiger partial charge is 0.416 e. The number of piperidine rings is 2. The SMILES string of the molecule is C.CC(=O)C1(O)CC[C@@](CO[C@H](C)c2cc(C(F)(F)F)cc(C(F)(F)F)c2)(c2ccccc2)N(C(=O)OCc2ccccc2)C1.C[C@@H](OC[C@@]1(c2ccccc2)CCC(=O)CN1C(=O)OCc1ccccc1)c1cc(C(F)(F)F)cc(C(F)(F)F)c1. The van der Waals surface area contributed by atoms with Crippen LogP contribution in [-0.2, 0) is 77.5 Å². The predicted octanol–water partition coefficient (Wildman–Crippen LogP) is 15.8. The van der Waals surface area contributed by atoms with Crippen LogP contribution in [0.1, 0.15) is 122 Å². The van der Waals surface area contributed by atoms with E-state index in [-0.39, 0.29) is 88.5 Å². The molecule has 2 aliphatic rings. The van der Waals surface area contributed by atoms with E-state index in [1.165, 1.54) is 25.7 Å². The second kappa shape index (κ2) is 27.3. The predicted molar refractivity (Wildman–Crippen MR) is 290 cm³/mol. The Morgan fingerprint density at radius 3 is 1.20 bits per heavy atom. The third kappa shape index (κ3) is 16.4. The van der Waals surface area contributed by atoms with E-state index in [4.69, 9.17) is 18.9 Å². The molecule has 6 aromatic rings. The van der Waals surface area contributed by atoms with Gasteiger partial charge in [0.05, 0.1) is 71.8 Å². The van der Waals surface area contributed by atoms with Gasteiger partial charge in [0.25, 0.3) is 0 Å². The molecule has 11 nitrogen and oxygen atoms in total. The summed E-state index contributed by atoms with van der Waals surface area (Å²) in [5.74, 6) is -0.813. The molecule has 0 spiro atoms. The largest absolute Gasteiger partial charge is 0.445 e. The van der Waals surface area contributed by atoms with Gasteiger partial charge in [-0.05, 0) is 110 Å². The first kappa shape index (κ1) is 67.4. The van der Waals surface area contributed by atoms with Gasteiger partial charge in [-0.3, -0.25) is 19.4 Å². The molecule has 1 unspecified atom stereocenters. The van der Waals surface area contributed by atoms with Crippen LogP contribution in [-0.4, -0.2) is 70.6 Å². The van der Waals surface area contributed by atoms with E-state index in [1.807, 2.05) is 0 Å². The summed E-state index contributed by atoms with van der Waals surface area (Å²) in [6.07, 6.45) is -24.2. The van der Waals surface area contributed by atoms with E-state index in [2.05, 4.69) is 0 Å². The molecule has 1 N–H and O–H groups in total. The van der Waals surface area contributed by atoms with Crippen molar-refractivity contribution in [2.45, 2.75) is 121 Å². The van der Waals surface area contributed by atoms with Crippen LogP contribution in [0.4, 0.5) is 62.3 Å². The summed E-state index contributed by atoms with van der Waals surface area (Å²) >= 11 is 0. The maximum Gasteiger partial charge on any atom is 0.416 e. The molecule has 0 radical (unpaired) electrons. The zero-order valence-electron chi connectivity index (χ0n) is 45.9. The minimum absolute atomic E-state index is 0. The van der Waals surface area contributed by atoms with Crippen molar-refractivity contribution in [3.63, 3.8) is 0 Å². The second-order valence-corrected chi connectivity index (χ2v) is 20.8. The standard InChI is InChI=1S/C32H31F6NO5.C30H27F6NO4.CH4/c1-21(24-15-26(31(33,34)35)17-27(16-24)32(36,37)38)44-20-29(25-11-7-4-8-12-25)13-14-30(42,22(2)40)19-39(29)28(41)43-18-23-9-5-3-6-10-23;1-20(22-14-24(29(31,32)33)16-25(15-22)30(34,35)36)41-19-28(23-10-6-3-7-11-23)13-12-26(38)17-37(28)27(39)40-18-21-8-4-2-5-9-21;/h3-12,15-17,21,42H,13-14,18-20H2,1-2H3;2-11,14-16,20H,12-13,17-19H2,1H3;1H4/t21-,29-,30?;20-,28-;/m11./s1. The number of amides is 2. The van der Waals surface area contributed by atoms with Crippen LogP contribution in [0.3, 0.4) is 0 Å². The highest BCUT2D eigenvalue weighted by Gasteiger charge is 2.54. The van der Waals surface area contributed by atoms with Crippen LogP contribution in [0.5, 0.6) is 0 Å². The fourth-order valence-electron chi connectivity index (χ4n) is 10.00. The lowest BCUT2D eigenvalue weighted by Crippen LogP contribution is -2.64. The first-order valence-corrected chi connectivity index (χ1v) is 26.5. The normalized spacial score (nSPS) is 19.9. The number of halogens is 12. The summed E-state index contributed by atoms with van der Waals surface area (Å²) in [6, 6.07) is 37.2. The van der Waals surface area contributed by atoms with Gasteiger partial charge in [0.2, 0.25) is 0 Å². The van der Waals surface area contributed by atoms with Gasteiger partial charge in [-0.1, -0.05) is 129 Å². The van der Waals surface area contributed by atoms with Crippen LogP contribution in [0.15, 0.2) is 158 Å². The van der Waals surface area contributed by atoms with Crippen molar-refractivity contribution in [2.24, 2.45) is 0 Å². The minimum Gasteiger partial charge on any atom is -0.445 e. The van der Waals surface area contributed by atoms with Crippen molar-refractivity contribution in [1.82, 2.24) is 9.80 Å². The van der Waals surface area contributed by atoms with Gasteiger partial charge >= 0.3 is 36.9 Å². The highest BCUT2D eigenvalue weighted by atomic mass is 19.4. The number of ether oxygens (including phenoxy) is 4. The van der Waals surface area contributed by atoms with Crippen LogP contribution in [0.25, 0.3) is 0 Å². The minimum atomic E-state index is -5.04. The maximum absolute atomic E-state index is 13.7. The molecule has 0 aliphatic carbocycles. The first-order chi connectivity index (χ1) is 39.8. The van der Waals surface area contributed by atoms with E-state index < -0.39 is 107 Å². The molecular formula is C63H62F12N2O9. The van der Waals surface area contributed by atoms with Gasteiger partial charge in [0.15, 0.2) is 11.6 Å². The second-order valence-electron chi connectivity index (χ2n) is 20.8. The summed E-state index contributed by atoms with van der Waals surface area (Å²) in [6.45, 7) is 2.12. The number of nitrogens with zero attached hydrogens (tertiary/aromatic N) is 2. The zero-order valence-corrected chi connectivity index (χ0v) is 45.9. The van der Waals surface area contributed by atoms with E-state index in [0.29, 0.717) is 46.5 Å². The molecule has 0 saturated carbocycles. The Labute approximate surface area is 488 Å². The molecule has 2 aliphatic heterocycles. The number of rotatable bonds is 15. The number of ketones is 2. The molecule has 0 aromatic heterocycles. The van der Waals surface area contributed by atoms with Gasteiger partial charge in [-0.2, -0.15) is 52.7 Å². The molecule has 86 heavy (non-hydrogen) atoms. The molecule has 2 saturated heterocycles. The lowest BCUT2D eigenvalue weighted by Gasteiger charge is -2.51. The summed E-state index contributed by atoms with van der Waals surface area (Å²) < 4.78 is 185. The lowest BCUT2D eigenvalue weighted by atomic mass is 9.75. The van der Waals surface area contributed by atoms with Gasteiger partial charge in [-0.25, -0.2) is 9.59 Å². The fourth-order valence-corrected chi connectivity index (χ4v) is 10.00. The van der Waals surface area contributed by atoms with Crippen molar-refractivity contribution >= 4 is 23.8 Å². The lowest BCUT2D eigenvalue weighted by molar-refractivity contribution is -0.152. The number of aliphatic hydroxyl groups is 1. The molecule has 23 heteroatoms. The average Bonchev–Trinajstić information content (AvgIpc) is 0.825. The third-order valence-electron chi connectivity index (χ3n) is 15.0. The van der Waals surface area contributed by atoms with Crippen molar-refractivity contribution < 1.29 is 95.9 Å². The molecule has 2 fully saturated rings. The van der Waals surface area contributed by atoms with Gasteiger partial charge in [0.1, 0.15) is 18.8 Å². The van der Waals surface area contributed by atoms with E-state index >= 15 is 0 Å². The topological polar surface area (TPSA) is 132 Å². The number of carbonyl (C=O) groups is 4.